The summed E-state index contributed by atoms with van der Waals surface area (Å²) < 4.78 is 15.5. The van der Waals surface area contributed by atoms with E-state index >= 15 is 0 Å². The van der Waals surface area contributed by atoms with E-state index in [0.717, 1.165) is 144 Å². The number of nitrogens with zero attached hydrogens (tertiary/aromatic N) is 5. The van der Waals surface area contributed by atoms with Gasteiger partial charge in [-0.05, 0) is 197 Å². The molecule has 562 valence electrons. The predicted octanol–water partition coefficient (Wildman–Crippen LogP) is 30.8. The van der Waals surface area contributed by atoms with E-state index in [9.17, 15) is 0 Å². The lowest BCUT2D eigenvalue weighted by Gasteiger charge is -2.22. The zero-order valence-corrected chi connectivity index (χ0v) is 66.3. The minimum Gasteiger partial charge on any atom is -0.456 e. The van der Waals surface area contributed by atoms with Crippen molar-refractivity contribution in [2.45, 2.75) is 19.3 Å². The van der Waals surface area contributed by atoms with Crippen LogP contribution in [0.4, 0.5) is 0 Å². The van der Waals surface area contributed by atoms with Crippen LogP contribution in [0.3, 0.4) is 0 Å². The Morgan fingerprint density at radius 1 is 0.250 bits per heavy atom. The summed E-state index contributed by atoms with van der Waals surface area (Å²) in [7, 11) is 0. The fourth-order valence-corrected chi connectivity index (χ4v) is 19.5. The Kier molecular flexibility index (Phi) is 16.7. The largest absolute Gasteiger partial charge is 0.456 e. The van der Waals surface area contributed by atoms with Crippen molar-refractivity contribution in [1.29, 1.82) is 0 Å². The first-order valence-electron chi connectivity index (χ1n) is 40.7. The Labute approximate surface area is 695 Å². The average molecular weight is 1550 g/mol. The molecule has 0 saturated heterocycles. The van der Waals surface area contributed by atoms with Crippen molar-refractivity contribution in [3.63, 3.8) is 0 Å². The van der Waals surface area contributed by atoms with E-state index < -0.39 is 0 Å². The zero-order valence-electron chi connectivity index (χ0n) is 65.5. The smallest absolute Gasteiger partial charge is 0.137 e. The first kappa shape index (κ1) is 70.1. The summed E-state index contributed by atoms with van der Waals surface area (Å²) in [4.78, 5) is 24.7. The van der Waals surface area contributed by atoms with E-state index in [4.69, 9.17) is 23.8 Å². The van der Waals surface area contributed by atoms with E-state index in [-0.39, 0.29) is 5.41 Å². The summed E-state index contributed by atoms with van der Waals surface area (Å²) >= 11 is 1.87. The number of thiophene rings is 1. The summed E-state index contributed by atoms with van der Waals surface area (Å²) in [5.41, 5.74) is 26.8. The number of benzene rings is 16. The van der Waals surface area contributed by atoms with Gasteiger partial charge in [-0.3, -0.25) is 9.97 Å². The van der Waals surface area contributed by atoms with Gasteiger partial charge in [-0.2, -0.15) is 0 Å². The third-order valence-electron chi connectivity index (χ3n) is 24.3. The summed E-state index contributed by atoms with van der Waals surface area (Å²) in [5, 5.41) is 20.1. The van der Waals surface area contributed by atoms with Crippen LogP contribution in [0.5, 0.6) is 0 Å². The van der Waals surface area contributed by atoms with Crippen LogP contribution < -0.4 is 0 Å². The molecule has 8 aromatic heterocycles. The molecule has 0 fully saturated rings. The van der Waals surface area contributed by atoms with Crippen LogP contribution in [0.1, 0.15) is 25.0 Å². The van der Waals surface area contributed by atoms with Crippen LogP contribution in [0.25, 0.3) is 230 Å². The monoisotopic (exact) mass is 1550 g/mol. The maximum Gasteiger partial charge on any atom is 0.137 e. The molecule has 0 unspecified atom stereocenters. The number of aromatic nitrogens is 5. The van der Waals surface area contributed by atoms with Crippen molar-refractivity contribution in [3.8, 4) is 101 Å². The molecule has 24 aromatic rings. The van der Waals surface area contributed by atoms with Gasteiger partial charge in [-0.15, -0.1) is 11.3 Å². The summed E-state index contributed by atoms with van der Waals surface area (Å²) in [6.07, 6.45) is 5.54. The maximum atomic E-state index is 6.44. The first-order chi connectivity index (χ1) is 59.2. The van der Waals surface area contributed by atoms with Gasteiger partial charge in [0.15, 0.2) is 0 Å². The normalized spacial score (nSPS) is 12.3. The van der Waals surface area contributed by atoms with E-state index in [0.29, 0.717) is 0 Å². The minimum absolute atomic E-state index is 0.0733. The zero-order chi connectivity index (χ0) is 79.5. The number of hydrogen-bond donors (Lipinski definition) is 0. The van der Waals surface area contributed by atoms with Crippen LogP contribution in [-0.4, -0.2) is 24.9 Å². The molecule has 0 N–H and O–H groups in total. The molecular weight excluding hydrogens is 1480 g/mol. The highest BCUT2D eigenvalue weighted by Crippen LogP contribution is 2.51. The van der Waals surface area contributed by atoms with E-state index in [1.165, 1.54) is 96.6 Å². The van der Waals surface area contributed by atoms with E-state index in [1.807, 2.05) is 60.3 Å². The van der Waals surface area contributed by atoms with Gasteiger partial charge in [-0.1, -0.05) is 275 Å². The number of furan rings is 2. The predicted molar refractivity (Wildman–Crippen MR) is 502 cm³/mol. The standard InChI is InChI=1S/C40H27NO.C36H22N2O.C36H22N2S/c1-40(2)33-15-9-8-14-28(33)29-17-16-27(21-34(29)40)35-23-31(24-10-4-3-5-11-24)30-18-19-36-38(39(30)41-35)32-20-25-12-6-7-13-26(25)22-37(32)42-36;1-2-8-25(9-3-1)36-28-17-18-33-35(30-20-26-10-4-5-11-27(26)21-34(30)39-33)29(28)22-32(38-36)24-15-13-23(14-16-24)31-12-6-7-19-37-31;1-2-8-23(9-3-1)36-29-15-16-33-35(31-19-25-10-4-5-11-26(25)20-34(31)39-33)30(29)21-32(38-36)27-13-6-12-24(18-27)28-14-7-17-37-22-28/h3-23H,1-2H3;2*1-22H. The van der Waals surface area contributed by atoms with Gasteiger partial charge < -0.3 is 8.83 Å². The minimum atomic E-state index is -0.0733. The second-order valence-corrected chi connectivity index (χ2v) is 32.8. The molecule has 8 heteroatoms. The van der Waals surface area contributed by atoms with Gasteiger partial charge in [0.05, 0.1) is 45.1 Å². The molecule has 25 rings (SSSR count). The Hall–Kier alpha value is -15.4. The molecule has 120 heavy (non-hydrogen) atoms. The van der Waals surface area contributed by atoms with Crippen LogP contribution in [-0.2, 0) is 5.41 Å². The molecule has 0 saturated carbocycles. The highest BCUT2D eigenvalue weighted by atomic mass is 32.1. The molecule has 0 aliphatic heterocycles. The number of fused-ring (bicyclic) bond motifs is 21. The Morgan fingerprint density at radius 2 is 0.742 bits per heavy atom. The van der Waals surface area contributed by atoms with Gasteiger partial charge in [0.2, 0.25) is 0 Å². The molecule has 16 aromatic carbocycles. The molecule has 0 amide bonds. The highest BCUT2D eigenvalue weighted by Gasteiger charge is 2.36. The molecular formula is C112H71N5O2S. The molecule has 1 aliphatic carbocycles. The number of pyridine rings is 5. The Balaban J connectivity index is 0.000000105. The van der Waals surface area contributed by atoms with Crippen LogP contribution in [0.15, 0.2) is 404 Å². The van der Waals surface area contributed by atoms with Gasteiger partial charge in [0.25, 0.3) is 0 Å². The third kappa shape index (κ3) is 12.1. The summed E-state index contributed by atoms with van der Waals surface area (Å²) in [5.74, 6) is 0. The van der Waals surface area contributed by atoms with Gasteiger partial charge in [0, 0.05) is 115 Å². The first-order valence-corrected chi connectivity index (χ1v) is 41.5. The molecule has 0 bridgehead atoms. The third-order valence-corrected chi connectivity index (χ3v) is 25.4. The Bertz CT molecular complexity index is 8230. The van der Waals surface area contributed by atoms with Crippen molar-refractivity contribution in [2.24, 2.45) is 0 Å². The average Bonchev–Trinajstić information content (AvgIpc) is 1.56. The lowest BCUT2D eigenvalue weighted by Crippen LogP contribution is -2.14. The van der Waals surface area contributed by atoms with Crippen molar-refractivity contribution in [1.82, 2.24) is 24.9 Å². The topological polar surface area (TPSA) is 90.7 Å². The van der Waals surface area contributed by atoms with Crippen molar-refractivity contribution >= 4 is 140 Å². The molecule has 0 atom stereocenters. The van der Waals surface area contributed by atoms with E-state index in [1.54, 1.807) is 0 Å². The van der Waals surface area contributed by atoms with Crippen molar-refractivity contribution < 1.29 is 8.83 Å². The van der Waals surface area contributed by atoms with Gasteiger partial charge in [-0.25, -0.2) is 15.0 Å². The fourth-order valence-electron chi connectivity index (χ4n) is 18.3. The highest BCUT2D eigenvalue weighted by molar-refractivity contribution is 7.26. The lowest BCUT2D eigenvalue weighted by atomic mass is 9.82. The molecule has 0 radical (unpaired) electrons. The number of hydrogen-bond acceptors (Lipinski definition) is 8. The van der Waals surface area contributed by atoms with Gasteiger partial charge >= 0.3 is 0 Å². The van der Waals surface area contributed by atoms with Crippen LogP contribution in [0.2, 0.25) is 0 Å². The molecule has 8 heterocycles. The number of rotatable bonds is 8. The quantitative estimate of drug-likeness (QED) is 0.150. The van der Waals surface area contributed by atoms with Crippen LogP contribution >= 0.6 is 11.3 Å². The fraction of sp³-hybridized carbons (Fsp3) is 0.0268. The van der Waals surface area contributed by atoms with Gasteiger partial charge in [0.1, 0.15) is 22.3 Å². The van der Waals surface area contributed by atoms with E-state index in [2.05, 4.69) is 370 Å². The van der Waals surface area contributed by atoms with Crippen LogP contribution in [0, 0.1) is 0 Å². The van der Waals surface area contributed by atoms with Crippen molar-refractivity contribution in [3.05, 3.63) is 406 Å². The maximum absolute atomic E-state index is 6.44. The second-order valence-electron chi connectivity index (χ2n) is 31.7. The SMILES string of the molecule is CC1(C)c2ccccc2-c2ccc(-c3cc(-c4ccccc4)c4ccc5oc6cc7ccccc7cc6c5c4n3)cc21.c1ccc(-c2nc(-c3ccc(-c4ccccn4)cc3)cc3c2ccc2oc4cc5ccccc5cc4c23)cc1.c1ccc(-c2nc(-c3cccc(-c4cccnc4)c3)cc3c2ccc2sc4cc5ccccc5cc4c23)cc1. The summed E-state index contributed by atoms with van der Waals surface area (Å²) in [6.45, 7) is 4.66. The Morgan fingerprint density at radius 3 is 1.38 bits per heavy atom. The summed E-state index contributed by atoms with van der Waals surface area (Å²) in [6, 6.07) is 133. The molecule has 7 nitrogen and oxygen atoms in total. The second kappa shape index (κ2) is 28.5. The van der Waals surface area contributed by atoms with Crippen molar-refractivity contribution in [2.75, 3.05) is 0 Å². The molecule has 1 aliphatic rings. The lowest BCUT2D eigenvalue weighted by molar-refractivity contribution is 0.660. The molecule has 0 spiro atoms.